The molecule has 3 nitrogen and oxygen atoms in total. The van der Waals surface area contributed by atoms with Gasteiger partial charge >= 0.3 is 0 Å². The number of sulfone groups is 1. The molecule has 0 spiro atoms. The molecule has 23 heavy (non-hydrogen) atoms. The van der Waals surface area contributed by atoms with Crippen molar-refractivity contribution in [2.24, 2.45) is 11.7 Å². The second-order valence-electron chi connectivity index (χ2n) is 5.83. The Balaban J connectivity index is 1.98. The van der Waals surface area contributed by atoms with E-state index in [-0.39, 0.29) is 21.6 Å². The zero-order valence-corrected chi connectivity index (χ0v) is 14.1. The highest BCUT2D eigenvalue weighted by molar-refractivity contribution is 7.92. The van der Waals surface area contributed by atoms with Crippen molar-refractivity contribution in [1.29, 1.82) is 0 Å². The van der Waals surface area contributed by atoms with Crippen molar-refractivity contribution in [2.45, 2.75) is 23.0 Å². The standard InChI is InChI=1S/C17H16FNO2S2/c1-10-2-8-13(9-3-10)23(20,21)16-14(15(16)17(19)22)11-4-6-12(18)7-5-11/h2-9,14-16H,1H3,(H2,19,22). The van der Waals surface area contributed by atoms with E-state index in [2.05, 4.69) is 0 Å². The molecule has 6 heteroatoms. The summed E-state index contributed by atoms with van der Waals surface area (Å²) >= 11 is 5.04. The Morgan fingerprint density at radius 1 is 1.09 bits per heavy atom. The summed E-state index contributed by atoms with van der Waals surface area (Å²) in [6, 6.07) is 12.5. The zero-order chi connectivity index (χ0) is 16.8. The quantitative estimate of drug-likeness (QED) is 0.862. The van der Waals surface area contributed by atoms with Gasteiger partial charge in [-0.2, -0.15) is 0 Å². The zero-order valence-electron chi connectivity index (χ0n) is 12.4. The van der Waals surface area contributed by atoms with E-state index >= 15 is 0 Å². The smallest absolute Gasteiger partial charge is 0.182 e. The van der Waals surface area contributed by atoms with Crippen LogP contribution < -0.4 is 5.73 Å². The highest BCUT2D eigenvalue weighted by atomic mass is 32.2. The lowest BCUT2D eigenvalue weighted by molar-refractivity contribution is 0.593. The highest BCUT2D eigenvalue weighted by Crippen LogP contribution is 2.54. The lowest BCUT2D eigenvalue weighted by Crippen LogP contribution is -2.17. The van der Waals surface area contributed by atoms with E-state index in [1.54, 1.807) is 36.4 Å². The molecule has 0 heterocycles. The maximum absolute atomic E-state index is 13.1. The van der Waals surface area contributed by atoms with Crippen molar-refractivity contribution in [2.75, 3.05) is 0 Å². The minimum absolute atomic E-state index is 0.181. The van der Waals surface area contributed by atoms with Crippen molar-refractivity contribution in [3.8, 4) is 0 Å². The third kappa shape index (κ3) is 2.88. The Kier molecular flexibility index (Phi) is 3.98. The van der Waals surface area contributed by atoms with Crippen LogP contribution in [0.15, 0.2) is 53.4 Å². The van der Waals surface area contributed by atoms with Gasteiger partial charge in [-0.15, -0.1) is 0 Å². The summed E-state index contributed by atoms with van der Waals surface area (Å²) in [7, 11) is -3.55. The molecule has 0 radical (unpaired) electrons. The number of halogens is 1. The Labute approximate surface area is 140 Å². The van der Waals surface area contributed by atoms with Crippen LogP contribution in [0.1, 0.15) is 17.0 Å². The number of rotatable bonds is 4. The maximum Gasteiger partial charge on any atom is 0.182 e. The number of nitrogens with two attached hydrogens (primary N) is 1. The van der Waals surface area contributed by atoms with Gasteiger partial charge in [0.15, 0.2) is 9.84 Å². The predicted molar refractivity (Wildman–Crippen MR) is 91.6 cm³/mol. The van der Waals surface area contributed by atoms with Crippen LogP contribution in [0.25, 0.3) is 0 Å². The van der Waals surface area contributed by atoms with Crippen molar-refractivity contribution in [3.05, 3.63) is 65.5 Å². The summed E-state index contributed by atoms with van der Waals surface area (Å²) < 4.78 is 38.9. The summed E-state index contributed by atoms with van der Waals surface area (Å²) in [5.74, 6) is -1.10. The topological polar surface area (TPSA) is 60.2 Å². The minimum Gasteiger partial charge on any atom is -0.393 e. The summed E-state index contributed by atoms with van der Waals surface area (Å²) in [5, 5.41) is -0.687. The van der Waals surface area contributed by atoms with Crippen LogP contribution in [0.2, 0.25) is 0 Å². The second-order valence-corrected chi connectivity index (χ2v) is 8.41. The number of thiocarbonyl (C=S) groups is 1. The fourth-order valence-electron chi connectivity index (χ4n) is 2.98. The molecule has 3 unspecified atom stereocenters. The van der Waals surface area contributed by atoms with Gasteiger partial charge in [0.2, 0.25) is 0 Å². The molecule has 1 saturated carbocycles. The Hall–Kier alpha value is -1.79. The Bertz CT molecular complexity index is 845. The van der Waals surface area contributed by atoms with Gasteiger partial charge in [-0.1, -0.05) is 42.0 Å². The van der Waals surface area contributed by atoms with E-state index < -0.39 is 21.0 Å². The summed E-state index contributed by atoms with van der Waals surface area (Å²) in [5.41, 5.74) is 7.46. The molecule has 0 aliphatic heterocycles. The van der Waals surface area contributed by atoms with Crippen LogP contribution in [0.5, 0.6) is 0 Å². The van der Waals surface area contributed by atoms with Gasteiger partial charge in [-0.25, -0.2) is 12.8 Å². The second kappa shape index (κ2) is 5.69. The molecular weight excluding hydrogens is 333 g/mol. The van der Waals surface area contributed by atoms with Gasteiger partial charge in [0.05, 0.1) is 15.1 Å². The third-order valence-corrected chi connectivity index (χ3v) is 6.75. The molecule has 0 amide bonds. The minimum atomic E-state index is -3.55. The Morgan fingerprint density at radius 2 is 1.65 bits per heavy atom. The highest BCUT2D eigenvalue weighted by Gasteiger charge is 2.60. The van der Waals surface area contributed by atoms with Gasteiger partial charge < -0.3 is 5.73 Å². The van der Waals surface area contributed by atoms with Crippen LogP contribution >= 0.6 is 12.2 Å². The molecule has 1 aliphatic carbocycles. The summed E-state index contributed by atoms with van der Waals surface area (Å²) in [6.45, 7) is 1.90. The molecule has 1 aliphatic rings. The number of hydrogen-bond acceptors (Lipinski definition) is 3. The van der Waals surface area contributed by atoms with E-state index in [4.69, 9.17) is 18.0 Å². The maximum atomic E-state index is 13.1. The van der Waals surface area contributed by atoms with Crippen molar-refractivity contribution < 1.29 is 12.8 Å². The number of benzene rings is 2. The van der Waals surface area contributed by atoms with Crippen LogP contribution in [-0.4, -0.2) is 18.7 Å². The predicted octanol–water partition coefficient (Wildman–Crippen LogP) is 2.98. The monoisotopic (exact) mass is 349 g/mol. The SMILES string of the molecule is Cc1ccc(S(=O)(=O)C2C(C(N)=S)C2c2ccc(F)cc2)cc1. The van der Waals surface area contributed by atoms with Crippen molar-refractivity contribution >= 4 is 27.0 Å². The molecule has 3 rings (SSSR count). The van der Waals surface area contributed by atoms with E-state index in [1.165, 1.54) is 12.1 Å². The van der Waals surface area contributed by atoms with Crippen LogP contribution in [0.4, 0.5) is 4.39 Å². The molecule has 0 aromatic heterocycles. The normalized spacial score (nSPS) is 23.5. The van der Waals surface area contributed by atoms with Crippen molar-refractivity contribution in [3.63, 3.8) is 0 Å². The molecule has 0 bridgehead atoms. The molecule has 1 fully saturated rings. The van der Waals surface area contributed by atoms with Gasteiger partial charge in [-0.05, 0) is 36.8 Å². The summed E-state index contributed by atoms with van der Waals surface area (Å²) in [4.78, 5) is 0.443. The first-order chi connectivity index (χ1) is 10.8. The van der Waals surface area contributed by atoms with Crippen LogP contribution in [0.3, 0.4) is 0 Å². The van der Waals surface area contributed by atoms with E-state index in [0.717, 1.165) is 11.1 Å². The Morgan fingerprint density at radius 3 is 2.17 bits per heavy atom. The van der Waals surface area contributed by atoms with Gasteiger partial charge in [0, 0.05) is 11.8 Å². The lowest BCUT2D eigenvalue weighted by atomic mass is 10.1. The first kappa shape index (κ1) is 16.1. The third-order valence-electron chi connectivity index (χ3n) is 4.25. The fraction of sp³-hybridized carbons (Fsp3) is 0.235. The van der Waals surface area contributed by atoms with Gasteiger partial charge in [0.25, 0.3) is 0 Å². The number of hydrogen-bond donors (Lipinski definition) is 1. The largest absolute Gasteiger partial charge is 0.393 e. The molecule has 0 saturated heterocycles. The molecule has 120 valence electrons. The number of aryl methyl sites for hydroxylation is 1. The van der Waals surface area contributed by atoms with E-state index in [0.29, 0.717) is 0 Å². The molecule has 2 aromatic carbocycles. The van der Waals surface area contributed by atoms with E-state index in [1.807, 2.05) is 6.92 Å². The first-order valence-electron chi connectivity index (χ1n) is 7.18. The first-order valence-corrected chi connectivity index (χ1v) is 9.13. The molecule has 2 aromatic rings. The lowest BCUT2D eigenvalue weighted by Gasteiger charge is -2.05. The fourth-order valence-corrected chi connectivity index (χ4v) is 5.51. The van der Waals surface area contributed by atoms with Crippen LogP contribution in [0, 0.1) is 18.7 Å². The van der Waals surface area contributed by atoms with Crippen LogP contribution in [-0.2, 0) is 9.84 Å². The summed E-state index contributed by atoms with van der Waals surface area (Å²) in [6.07, 6.45) is 0. The average Bonchev–Trinajstić information content (AvgIpc) is 3.25. The van der Waals surface area contributed by atoms with Gasteiger partial charge in [0.1, 0.15) is 5.82 Å². The van der Waals surface area contributed by atoms with Crippen molar-refractivity contribution in [1.82, 2.24) is 0 Å². The average molecular weight is 349 g/mol. The van der Waals surface area contributed by atoms with Gasteiger partial charge in [-0.3, -0.25) is 0 Å². The van der Waals surface area contributed by atoms with E-state index in [9.17, 15) is 12.8 Å². The molecule has 2 N–H and O–H groups in total. The molecular formula is C17H16FNO2S2. The molecule has 3 atom stereocenters.